The first kappa shape index (κ1) is 27.7. The van der Waals surface area contributed by atoms with E-state index in [1.165, 1.54) is 33.4 Å². The minimum absolute atomic E-state index is 0.524. The van der Waals surface area contributed by atoms with Gasteiger partial charge in [0.1, 0.15) is 0 Å². The second-order valence-corrected chi connectivity index (χ2v) is 12.1. The highest BCUT2D eigenvalue weighted by Crippen LogP contribution is 2.58. The number of rotatable bonds is 5. The summed E-state index contributed by atoms with van der Waals surface area (Å²) in [6.07, 6.45) is 3.71. The number of hydrogen-bond donors (Lipinski definition) is 0. The largest absolute Gasteiger partial charge is 0.310 e. The fourth-order valence-electron chi connectivity index (χ4n) is 7.11. The number of nitrogens with zero attached hydrogens (tertiary/aromatic N) is 3. The van der Waals surface area contributed by atoms with Crippen LogP contribution >= 0.6 is 0 Å². The van der Waals surface area contributed by atoms with Gasteiger partial charge >= 0.3 is 0 Å². The Bertz CT molecular complexity index is 2010. The minimum atomic E-state index is -0.524. The summed E-state index contributed by atoms with van der Waals surface area (Å²) >= 11 is 0. The summed E-state index contributed by atoms with van der Waals surface area (Å²) in [6.45, 7) is 4.38. The van der Waals surface area contributed by atoms with Crippen LogP contribution < -0.4 is 4.90 Å². The predicted octanol–water partition coefficient (Wildman–Crippen LogP) is 10.6. The van der Waals surface area contributed by atoms with Gasteiger partial charge < -0.3 is 4.90 Å². The molecule has 46 heavy (non-hydrogen) atoms. The van der Waals surface area contributed by atoms with Crippen LogP contribution in [0.3, 0.4) is 0 Å². The Morgan fingerprint density at radius 3 is 1.35 bits per heavy atom. The van der Waals surface area contributed by atoms with Crippen molar-refractivity contribution in [1.29, 1.82) is 0 Å². The van der Waals surface area contributed by atoms with Crippen LogP contribution in [0.5, 0.6) is 0 Å². The molecular formula is C43H33N3. The Morgan fingerprint density at radius 2 is 0.913 bits per heavy atom. The zero-order valence-electron chi connectivity index (χ0n) is 25.9. The fourth-order valence-corrected chi connectivity index (χ4v) is 7.11. The van der Waals surface area contributed by atoms with Crippen LogP contribution in [0.4, 0.5) is 17.1 Å². The summed E-state index contributed by atoms with van der Waals surface area (Å²) in [5.41, 5.74) is 14.2. The SMILES string of the molecule is Cc1ccc2c(c1)C(c1ccccc1)(c1ccccc1)c1cc(C)ccc1N2c1cc(-c2ccccn2)cc(-c2ccccn2)c1. The van der Waals surface area contributed by atoms with Gasteiger partial charge in [-0.2, -0.15) is 0 Å². The van der Waals surface area contributed by atoms with E-state index >= 15 is 0 Å². The number of benzene rings is 5. The van der Waals surface area contributed by atoms with E-state index in [1.807, 2.05) is 36.7 Å². The van der Waals surface area contributed by atoms with Gasteiger partial charge in [-0.15, -0.1) is 0 Å². The lowest BCUT2D eigenvalue weighted by atomic mass is 9.62. The average molecular weight is 592 g/mol. The molecule has 0 bridgehead atoms. The number of aryl methyl sites for hydroxylation is 2. The van der Waals surface area contributed by atoms with E-state index in [0.717, 1.165) is 39.6 Å². The third kappa shape index (κ3) is 4.52. The molecule has 0 saturated heterocycles. The molecule has 220 valence electrons. The highest BCUT2D eigenvalue weighted by molar-refractivity contribution is 5.92. The van der Waals surface area contributed by atoms with Crippen LogP contribution in [-0.4, -0.2) is 9.97 Å². The summed E-state index contributed by atoms with van der Waals surface area (Å²) in [5.74, 6) is 0. The molecule has 0 saturated carbocycles. The number of anilines is 3. The molecule has 0 atom stereocenters. The normalized spacial score (nSPS) is 13.1. The zero-order chi connectivity index (χ0) is 31.1. The third-order valence-electron chi connectivity index (χ3n) is 9.10. The maximum absolute atomic E-state index is 4.75. The van der Waals surface area contributed by atoms with E-state index in [9.17, 15) is 0 Å². The molecule has 5 aromatic carbocycles. The van der Waals surface area contributed by atoms with E-state index in [4.69, 9.17) is 9.97 Å². The van der Waals surface area contributed by atoms with Gasteiger partial charge in [0.2, 0.25) is 0 Å². The van der Waals surface area contributed by atoms with Crippen LogP contribution in [0.25, 0.3) is 22.5 Å². The van der Waals surface area contributed by atoms with Gasteiger partial charge in [-0.25, -0.2) is 0 Å². The van der Waals surface area contributed by atoms with E-state index < -0.39 is 5.41 Å². The van der Waals surface area contributed by atoms with Gasteiger partial charge in [0.25, 0.3) is 0 Å². The van der Waals surface area contributed by atoms with Gasteiger partial charge in [-0.1, -0.05) is 108 Å². The summed E-state index contributed by atoms with van der Waals surface area (Å²) in [7, 11) is 0. The monoisotopic (exact) mass is 591 g/mol. The molecule has 0 radical (unpaired) electrons. The molecule has 0 amide bonds. The van der Waals surface area contributed by atoms with Crippen LogP contribution in [0.2, 0.25) is 0 Å². The summed E-state index contributed by atoms with van der Waals surface area (Å²) in [5, 5.41) is 0. The minimum Gasteiger partial charge on any atom is -0.310 e. The quantitative estimate of drug-likeness (QED) is 0.199. The van der Waals surface area contributed by atoms with E-state index in [1.54, 1.807) is 0 Å². The molecule has 3 heteroatoms. The van der Waals surface area contributed by atoms with Gasteiger partial charge in [0.15, 0.2) is 0 Å². The number of fused-ring (bicyclic) bond motifs is 2. The van der Waals surface area contributed by atoms with Crippen LogP contribution in [0, 0.1) is 13.8 Å². The molecule has 2 aromatic heterocycles. The van der Waals surface area contributed by atoms with E-state index in [0.29, 0.717) is 0 Å². The second-order valence-electron chi connectivity index (χ2n) is 12.1. The van der Waals surface area contributed by atoms with Crippen molar-refractivity contribution in [2.75, 3.05) is 4.90 Å². The molecule has 3 heterocycles. The van der Waals surface area contributed by atoms with Crippen LogP contribution in [0.15, 0.2) is 164 Å². The molecule has 0 aliphatic carbocycles. The Labute approximate surface area is 270 Å². The summed E-state index contributed by atoms with van der Waals surface area (Å²) < 4.78 is 0. The predicted molar refractivity (Wildman–Crippen MR) is 189 cm³/mol. The molecule has 1 aliphatic heterocycles. The maximum Gasteiger partial charge on any atom is 0.0742 e. The number of pyridine rings is 2. The van der Waals surface area contributed by atoms with Gasteiger partial charge in [-0.3, -0.25) is 9.97 Å². The van der Waals surface area contributed by atoms with Gasteiger partial charge in [0.05, 0.1) is 28.2 Å². The second kappa shape index (κ2) is 11.3. The lowest BCUT2D eigenvalue weighted by Crippen LogP contribution is -2.38. The molecular weight excluding hydrogens is 558 g/mol. The Balaban J connectivity index is 1.48. The molecule has 0 unspecified atom stereocenters. The first-order valence-electron chi connectivity index (χ1n) is 15.7. The van der Waals surface area contributed by atoms with Gasteiger partial charge in [-0.05, 0) is 90.7 Å². The maximum atomic E-state index is 4.75. The number of aromatic nitrogens is 2. The van der Waals surface area contributed by atoms with Crippen molar-refractivity contribution in [2.45, 2.75) is 19.3 Å². The summed E-state index contributed by atoms with van der Waals surface area (Å²) in [4.78, 5) is 11.9. The highest BCUT2D eigenvalue weighted by Gasteiger charge is 2.46. The smallest absolute Gasteiger partial charge is 0.0742 e. The van der Waals surface area contributed by atoms with Gasteiger partial charge in [0, 0.05) is 29.2 Å². The molecule has 1 aliphatic rings. The van der Waals surface area contributed by atoms with Crippen molar-refractivity contribution >= 4 is 17.1 Å². The lowest BCUT2D eigenvalue weighted by Gasteiger charge is -2.47. The molecule has 0 fully saturated rings. The Hall–Kier alpha value is -5.80. The molecule has 0 N–H and O–H groups in total. The van der Waals surface area contributed by atoms with Crippen LogP contribution in [-0.2, 0) is 5.41 Å². The van der Waals surface area contributed by atoms with E-state index in [2.05, 4.69) is 146 Å². The van der Waals surface area contributed by atoms with Crippen molar-refractivity contribution in [2.24, 2.45) is 0 Å². The first-order valence-corrected chi connectivity index (χ1v) is 15.7. The first-order chi connectivity index (χ1) is 22.6. The van der Waals surface area contributed by atoms with Crippen molar-refractivity contribution in [3.8, 4) is 22.5 Å². The molecule has 3 nitrogen and oxygen atoms in total. The van der Waals surface area contributed by atoms with Crippen molar-refractivity contribution < 1.29 is 0 Å². The lowest BCUT2D eigenvalue weighted by molar-refractivity contribution is 0.729. The summed E-state index contributed by atoms with van der Waals surface area (Å²) in [6, 6.07) is 54.7. The van der Waals surface area contributed by atoms with Crippen molar-refractivity contribution in [3.63, 3.8) is 0 Å². The molecule has 8 rings (SSSR count). The van der Waals surface area contributed by atoms with Crippen LogP contribution in [0.1, 0.15) is 33.4 Å². The Morgan fingerprint density at radius 1 is 0.457 bits per heavy atom. The standard InChI is InChI=1S/C43H33N3/c1-30-19-21-41-37(25-30)43(34-13-5-3-6-14-34,35-15-7-4-8-16-35)38-26-31(2)20-22-42(38)46(41)36-28-32(39-17-9-11-23-44-39)27-33(29-36)40-18-10-12-24-45-40/h3-29H,1-2H3. The molecule has 7 aromatic rings. The highest BCUT2D eigenvalue weighted by atomic mass is 15.2. The van der Waals surface area contributed by atoms with Crippen molar-refractivity contribution in [3.05, 3.63) is 197 Å². The Kier molecular flexibility index (Phi) is 6.80. The van der Waals surface area contributed by atoms with Crippen molar-refractivity contribution in [1.82, 2.24) is 9.97 Å². The average Bonchev–Trinajstić information content (AvgIpc) is 3.12. The van der Waals surface area contributed by atoms with E-state index in [-0.39, 0.29) is 0 Å². The fraction of sp³-hybridized carbons (Fsp3) is 0.0698. The zero-order valence-corrected chi connectivity index (χ0v) is 25.9. The molecule has 0 spiro atoms. The topological polar surface area (TPSA) is 29.0 Å². The number of hydrogen-bond acceptors (Lipinski definition) is 3. The third-order valence-corrected chi connectivity index (χ3v) is 9.10.